The van der Waals surface area contributed by atoms with Crippen molar-refractivity contribution in [2.45, 2.75) is 13.8 Å². The summed E-state index contributed by atoms with van der Waals surface area (Å²) in [5.74, 6) is 0. The van der Waals surface area contributed by atoms with E-state index in [0.717, 1.165) is 17.1 Å². The van der Waals surface area contributed by atoms with Crippen LogP contribution in [0.3, 0.4) is 0 Å². The molecule has 0 N–H and O–H groups in total. The second-order valence-corrected chi connectivity index (χ2v) is 4.18. The van der Waals surface area contributed by atoms with E-state index in [9.17, 15) is 0 Å². The number of para-hydroxylation sites is 1. The molecule has 2 nitrogen and oxygen atoms in total. The van der Waals surface area contributed by atoms with Crippen molar-refractivity contribution in [1.29, 1.82) is 0 Å². The molecule has 0 saturated carbocycles. The molecule has 0 aliphatic heterocycles. The van der Waals surface area contributed by atoms with Gasteiger partial charge in [-0.3, -0.25) is 9.98 Å². The molecule has 90 valence electrons. The number of aryl methyl sites for hydroxylation is 1. The van der Waals surface area contributed by atoms with Crippen LogP contribution < -0.4 is 0 Å². The quantitative estimate of drug-likeness (QED) is 0.701. The average molecular weight is 236 g/mol. The predicted octanol–water partition coefficient (Wildman–Crippen LogP) is 4.49. The highest BCUT2D eigenvalue weighted by Gasteiger charge is 1.91. The maximum absolute atomic E-state index is 4.48. The van der Waals surface area contributed by atoms with Crippen LogP contribution in [0.2, 0.25) is 0 Å². The van der Waals surface area contributed by atoms with Crippen molar-refractivity contribution >= 4 is 23.3 Å². The lowest BCUT2D eigenvalue weighted by molar-refractivity contribution is 1.43. The van der Waals surface area contributed by atoms with E-state index < -0.39 is 0 Å². The Morgan fingerprint density at radius 2 is 1.56 bits per heavy atom. The average Bonchev–Trinajstić information content (AvgIpc) is 2.40. The lowest BCUT2D eigenvalue weighted by atomic mass is 10.2. The zero-order valence-electron chi connectivity index (χ0n) is 10.7. The van der Waals surface area contributed by atoms with Gasteiger partial charge in [0, 0.05) is 6.21 Å². The summed E-state index contributed by atoms with van der Waals surface area (Å²) in [5.41, 5.74) is 4.03. The Morgan fingerprint density at radius 1 is 0.889 bits per heavy atom. The zero-order chi connectivity index (χ0) is 12.8. The molecule has 0 atom stereocenters. The van der Waals surface area contributed by atoms with Gasteiger partial charge in [0.2, 0.25) is 0 Å². The third kappa shape index (κ3) is 3.67. The van der Waals surface area contributed by atoms with Crippen molar-refractivity contribution < 1.29 is 0 Å². The molecular weight excluding hydrogens is 220 g/mol. The molecule has 18 heavy (non-hydrogen) atoms. The Balaban J connectivity index is 2.10. The van der Waals surface area contributed by atoms with Crippen LogP contribution in [0.25, 0.3) is 0 Å². The number of hydrogen-bond acceptors (Lipinski definition) is 2. The Hall–Kier alpha value is -2.22. The number of benzene rings is 2. The summed E-state index contributed by atoms with van der Waals surface area (Å²) in [6.45, 7) is 4.02. The van der Waals surface area contributed by atoms with Gasteiger partial charge >= 0.3 is 0 Å². The van der Waals surface area contributed by atoms with Gasteiger partial charge in [0.15, 0.2) is 0 Å². The van der Waals surface area contributed by atoms with Gasteiger partial charge in [0.1, 0.15) is 0 Å². The Kier molecular flexibility index (Phi) is 4.02. The van der Waals surface area contributed by atoms with Gasteiger partial charge in [-0.05, 0) is 38.1 Å². The van der Waals surface area contributed by atoms with E-state index >= 15 is 0 Å². The Bertz CT molecular complexity index is 551. The highest BCUT2D eigenvalue weighted by molar-refractivity contribution is 6.30. The van der Waals surface area contributed by atoms with Crippen LogP contribution in [0, 0.1) is 6.92 Å². The molecule has 2 heteroatoms. The van der Waals surface area contributed by atoms with E-state index in [-0.39, 0.29) is 0 Å². The van der Waals surface area contributed by atoms with Gasteiger partial charge < -0.3 is 0 Å². The molecule has 0 spiro atoms. The monoisotopic (exact) mass is 236 g/mol. The van der Waals surface area contributed by atoms with Gasteiger partial charge in [-0.25, -0.2) is 0 Å². The lowest BCUT2D eigenvalue weighted by Gasteiger charge is -1.96. The minimum Gasteiger partial charge on any atom is -0.255 e. The maximum atomic E-state index is 4.48. The third-order valence-corrected chi connectivity index (χ3v) is 2.50. The van der Waals surface area contributed by atoms with Crippen molar-refractivity contribution in [3.63, 3.8) is 0 Å². The fraction of sp³-hybridized carbons (Fsp3) is 0.125. The third-order valence-electron chi connectivity index (χ3n) is 2.50. The molecule has 0 aromatic heterocycles. The predicted molar refractivity (Wildman–Crippen MR) is 78.5 cm³/mol. The summed E-state index contributed by atoms with van der Waals surface area (Å²) in [4.78, 5) is 8.85. The van der Waals surface area contributed by atoms with Gasteiger partial charge in [-0.15, -0.1) is 0 Å². The van der Waals surface area contributed by atoms with Crippen LogP contribution in [0.15, 0.2) is 64.6 Å². The minimum absolute atomic E-state index is 0.891. The van der Waals surface area contributed by atoms with Crippen molar-refractivity contribution in [2.24, 2.45) is 9.98 Å². The number of rotatable bonds is 3. The first-order valence-corrected chi connectivity index (χ1v) is 5.95. The Labute approximate surface area is 108 Å². The second kappa shape index (κ2) is 5.92. The Morgan fingerprint density at radius 3 is 2.22 bits per heavy atom. The number of hydrogen-bond donors (Lipinski definition) is 0. The largest absolute Gasteiger partial charge is 0.255 e. The highest BCUT2D eigenvalue weighted by Crippen LogP contribution is 2.13. The number of nitrogens with zero attached hydrogens (tertiary/aromatic N) is 2. The van der Waals surface area contributed by atoms with Crippen LogP contribution in [0.4, 0.5) is 11.4 Å². The van der Waals surface area contributed by atoms with Crippen LogP contribution in [0.5, 0.6) is 0 Å². The van der Waals surface area contributed by atoms with E-state index in [1.54, 1.807) is 6.21 Å². The molecule has 2 rings (SSSR count). The summed E-state index contributed by atoms with van der Waals surface area (Å²) in [6.07, 6.45) is 1.79. The van der Waals surface area contributed by atoms with E-state index in [1.165, 1.54) is 5.56 Å². The smallest absolute Gasteiger partial charge is 0.0633 e. The van der Waals surface area contributed by atoms with Crippen LogP contribution in [-0.4, -0.2) is 11.9 Å². The van der Waals surface area contributed by atoms with E-state index in [1.807, 2.05) is 49.4 Å². The molecule has 0 saturated heterocycles. The standard InChI is InChI=1S/C16H16N2/c1-13-8-10-16(11-9-13)18-14(2)12-17-15-6-4-3-5-7-15/h3-12H,1-2H3. The first kappa shape index (κ1) is 12.2. The molecule has 0 unspecified atom stereocenters. The van der Waals surface area contributed by atoms with Gasteiger partial charge in [0.25, 0.3) is 0 Å². The molecule has 0 amide bonds. The molecule has 0 fully saturated rings. The molecule has 2 aromatic rings. The van der Waals surface area contributed by atoms with Crippen LogP contribution >= 0.6 is 0 Å². The zero-order valence-corrected chi connectivity index (χ0v) is 10.7. The number of aliphatic imine (C=N–C) groups is 2. The van der Waals surface area contributed by atoms with Gasteiger partial charge in [-0.2, -0.15) is 0 Å². The van der Waals surface area contributed by atoms with Crippen molar-refractivity contribution in [1.82, 2.24) is 0 Å². The molecule has 0 radical (unpaired) electrons. The first-order chi connectivity index (χ1) is 8.74. The van der Waals surface area contributed by atoms with E-state index in [0.29, 0.717) is 0 Å². The van der Waals surface area contributed by atoms with Gasteiger partial charge in [-0.1, -0.05) is 35.9 Å². The topological polar surface area (TPSA) is 24.7 Å². The first-order valence-electron chi connectivity index (χ1n) is 5.95. The summed E-state index contributed by atoms with van der Waals surface area (Å²) in [6, 6.07) is 18.0. The van der Waals surface area contributed by atoms with Crippen LogP contribution in [-0.2, 0) is 0 Å². The molecule has 0 aliphatic rings. The van der Waals surface area contributed by atoms with E-state index in [4.69, 9.17) is 0 Å². The fourth-order valence-corrected chi connectivity index (χ4v) is 1.53. The summed E-state index contributed by atoms with van der Waals surface area (Å²) in [5, 5.41) is 0. The lowest BCUT2D eigenvalue weighted by Crippen LogP contribution is -1.90. The molecule has 0 aliphatic carbocycles. The normalized spacial score (nSPS) is 12.0. The minimum atomic E-state index is 0.891. The second-order valence-electron chi connectivity index (χ2n) is 4.18. The van der Waals surface area contributed by atoms with Crippen molar-refractivity contribution in [3.05, 3.63) is 60.2 Å². The van der Waals surface area contributed by atoms with Crippen molar-refractivity contribution in [3.8, 4) is 0 Å². The van der Waals surface area contributed by atoms with Crippen molar-refractivity contribution in [2.75, 3.05) is 0 Å². The molecule has 0 heterocycles. The summed E-state index contributed by atoms with van der Waals surface area (Å²) in [7, 11) is 0. The molecule has 2 aromatic carbocycles. The molecule has 0 bridgehead atoms. The summed E-state index contributed by atoms with van der Waals surface area (Å²) < 4.78 is 0. The molecular formula is C16H16N2. The fourth-order valence-electron chi connectivity index (χ4n) is 1.53. The van der Waals surface area contributed by atoms with Gasteiger partial charge in [0.05, 0.1) is 17.1 Å². The van der Waals surface area contributed by atoms with Crippen LogP contribution in [0.1, 0.15) is 12.5 Å². The SMILES string of the molecule is CC(C=Nc1ccccc1)=Nc1ccc(C)cc1. The maximum Gasteiger partial charge on any atom is 0.0633 e. The van der Waals surface area contributed by atoms with E-state index in [2.05, 4.69) is 29.0 Å². The summed E-state index contributed by atoms with van der Waals surface area (Å²) >= 11 is 0. The highest BCUT2D eigenvalue weighted by atomic mass is 14.8.